The maximum absolute atomic E-state index is 13.0. The summed E-state index contributed by atoms with van der Waals surface area (Å²) in [7, 11) is 0. The Labute approximate surface area is 161 Å². The van der Waals surface area contributed by atoms with Crippen molar-refractivity contribution in [3.05, 3.63) is 30.1 Å². The van der Waals surface area contributed by atoms with Gasteiger partial charge < -0.3 is 15.0 Å². The van der Waals surface area contributed by atoms with Crippen molar-refractivity contribution in [1.82, 2.24) is 20.1 Å². The number of rotatable bonds is 6. The molecule has 2 amide bonds. The lowest BCUT2D eigenvalue weighted by atomic mass is 9.94. The molecular formula is C20H30N4O3. The number of hydrogen-bond acceptors (Lipinski definition) is 5. The van der Waals surface area contributed by atoms with Gasteiger partial charge >= 0.3 is 0 Å². The third kappa shape index (κ3) is 4.65. The molecule has 0 aliphatic carbocycles. The zero-order valence-corrected chi connectivity index (χ0v) is 16.3. The first kappa shape index (κ1) is 19.8. The number of carbonyl (C=O) groups excluding carboxylic acids is 2. The molecule has 1 N–H and O–H groups in total. The summed E-state index contributed by atoms with van der Waals surface area (Å²) in [6.07, 6.45) is 5.51. The van der Waals surface area contributed by atoms with E-state index in [1.54, 1.807) is 6.20 Å². The first-order valence-electron chi connectivity index (χ1n) is 9.89. The lowest BCUT2D eigenvalue weighted by Gasteiger charge is -2.43. The van der Waals surface area contributed by atoms with Crippen LogP contribution in [0, 0.1) is 0 Å². The van der Waals surface area contributed by atoms with Gasteiger partial charge in [0.2, 0.25) is 11.8 Å². The highest BCUT2D eigenvalue weighted by Gasteiger charge is 2.38. The molecule has 3 heterocycles. The van der Waals surface area contributed by atoms with Crippen LogP contribution in [0.25, 0.3) is 0 Å². The highest BCUT2D eigenvalue weighted by atomic mass is 16.5. The van der Waals surface area contributed by atoms with Gasteiger partial charge in [-0.05, 0) is 24.5 Å². The molecule has 1 atom stereocenters. The third-order valence-corrected chi connectivity index (χ3v) is 5.81. The van der Waals surface area contributed by atoms with Crippen molar-refractivity contribution in [3.63, 3.8) is 0 Å². The molecule has 0 aromatic carbocycles. The molecule has 0 saturated carbocycles. The average Bonchev–Trinajstić information content (AvgIpc) is 2.71. The fourth-order valence-electron chi connectivity index (χ4n) is 3.93. The van der Waals surface area contributed by atoms with Crippen LogP contribution in [0.15, 0.2) is 24.5 Å². The summed E-state index contributed by atoms with van der Waals surface area (Å²) in [6, 6.07) is 3.45. The fourth-order valence-corrected chi connectivity index (χ4v) is 3.93. The van der Waals surface area contributed by atoms with E-state index in [2.05, 4.69) is 29.0 Å². The van der Waals surface area contributed by atoms with Crippen molar-refractivity contribution in [2.75, 3.05) is 32.8 Å². The van der Waals surface area contributed by atoms with Gasteiger partial charge in [-0.3, -0.25) is 19.5 Å². The van der Waals surface area contributed by atoms with Gasteiger partial charge in [0.05, 0.1) is 24.7 Å². The number of nitrogens with zero attached hydrogens (tertiary/aromatic N) is 3. The second kappa shape index (κ2) is 8.80. The molecule has 7 nitrogen and oxygen atoms in total. The highest BCUT2D eigenvalue weighted by Crippen LogP contribution is 2.26. The zero-order valence-electron chi connectivity index (χ0n) is 16.3. The van der Waals surface area contributed by atoms with Crippen LogP contribution in [0.1, 0.15) is 38.7 Å². The van der Waals surface area contributed by atoms with E-state index in [1.165, 1.54) is 0 Å². The molecule has 1 unspecified atom stereocenters. The molecule has 2 saturated heterocycles. The molecule has 7 heteroatoms. The Bertz CT molecular complexity index is 648. The third-order valence-electron chi connectivity index (χ3n) is 5.81. The van der Waals surface area contributed by atoms with Crippen LogP contribution >= 0.6 is 0 Å². The smallest absolute Gasteiger partial charge is 0.237 e. The van der Waals surface area contributed by atoms with Crippen molar-refractivity contribution < 1.29 is 14.3 Å². The summed E-state index contributed by atoms with van der Waals surface area (Å²) in [4.78, 5) is 33.6. The number of amides is 2. The average molecular weight is 374 g/mol. The summed E-state index contributed by atoms with van der Waals surface area (Å²) >= 11 is 0. The van der Waals surface area contributed by atoms with Crippen LogP contribution in [0.4, 0.5) is 0 Å². The number of nitrogens with one attached hydrogen (secondary N) is 1. The lowest BCUT2D eigenvalue weighted by Crippen LogP contribution is -2.58. The second-order valence-corrected chi connectivity index (χ2v) is 7.40. The van der Waals surface area contributed by atoms with Gasteiger partial charge in [0.1, 0.15) is 0 Å². The normalized spacial score (nSPS) is 23.1. The summed E-state index contributed by atoms with van der Waals surface area (Å²) in [6.45, 7) is 7.92. The minimum Gasteiger partial charge on any atom is -0.371 e. The van der Waals surface area contributed by atoms with E-state index in [0.717, 1.165) is 24.9 Å². The van der Waals surface area contributed by atoms with Crippen LogP contribution < -0.4 is 5.32 Å². The number of pyridine rings is 1. The van der Waals surface area contributed by atoms with Gasteiger partial charge in [0.25, 0.3) is 0 Å². The summed E-state index contributed by atoms with van der Waals surface area (Å²) in [5, 5.41) is 2.90. The minimum atomic E-state index is -0.438. The molecule has 27 heavy (non-hydrogen) atoms. The molecule has 0 radical (unpaired) electrons. The Balaban J connectivity index is 1.67. The predicted octanol–water partition coefficient (Wildman–Crippen LogP) is 1.19. The van der Waals surface area contributed by atoms with Crippen molar-refractivity contribution in [2.24, 2.45) is 0 Å². The van der Waals surface area contributed by atoms with E-state index < -0.39 is 6.04 Å². The maximum atomic E-state index is 13.0. The van der Waals surface area contributed by atoms with Gasteiger partial charge in [-0.15, -0.1) is 0 Å². The zero-order chi connectivity index (χ0) is 19.3. The number of morpholine rings is 1. The molecule has 2 fully saturated rings. The molecule has 0 bridgehead atoms. The Hall–Kier alpha value is -1.99. The van der Waals surface area contributed by atoms with E-state index >= 15 is 0 Å². The Morgan fingerprint density at radius 2 is 2.19 bits per heavy atom. The van der Waals surface area contributed by atoms with E-state index in [9.17, 15) is 9.59 Å². The van der Waals surface area contributed by atoms with Gasteiger partial charge in [0.15, 0.2) is 0 Å². The predicted molar refractivity (Wildman–Crippen MR) is 102 cm³/mol. The molecule has 1 aromatic rings. The summed E-state index contributed by atoms with van der Waals surface area (Å²) in [5.74, 6) is -0.0354. The SMILES string of the molecule is CCC1(CC)CN(C(=O)CC2C(=O)NCCN2Cc2cccnc2)CCO1. The number of ether oxygens (including phenoxy) is 1. The first-order chi connectivity index (χ1) is 13.1. The largest absolute Gasteiger partial charge is 0.371 e. The molecule has 2 aliphatic rings. The Kier molecular flexibility index (Phi) is 6.44. The van der Waals surface area contributed by atoms with Crippen LogP contribution in [0.2, 0.25) is 0 Å². The second-order valence-electron chi connectivity index (χ2n) is 7.40. The number of carbonyl (C=O) groups is 2. The number of hydrogen-bond donors (Lipinski definition) is 1. The van der Waals surface area contributed by atoms with Crippen molar-refractivity contribution in [2.45, 2.75) is 51.3 Å². The topological polar surface area (TPSA) is 74.8 Å². The highest BCUT2D eigenvalue weighted by molar-refractivity contribution is 5.89. The maximum Gasteiger partial charge on any atom is 0.237 e. The molecule has 1 aromatic heterocycles. The Morgan fingerprint density at radius 3 is 2.89 bits per heavy atom. The summed E-state index contributed by atoms with van der Waals surface area (Å²) < 4.78 is 5.97. The first-order valence-corrected chi connectivity index (χ1v) is 9.89. The Morgan fingerprint density at radius 1 is 1.37 bits per heavy atom. The van der Waals surface area contributed by atoms with Gasteiger partial charge in [-0.2, -0.15) is 0 Å². The molecular weight excluding hydrogens is 344 g/mol. The van der Waals surface area contributed by atoms with Crippen LogP contribution in [0.5, 0.6) is 0 Å². The van der Waals surface area contributed by atoms with Gasteiger partial charge in [-0.1, -0.05) is 19.9 Å². The molecule has 2 aliphatic heterocycles. The monoisotopic (exact) mass is 374 g/mol. The van der Waals surface area contributed by atoms with Gasteiger partial charge in [-0.25, -0.2) is 0 Å². The van der Waals surface area contributed by atoms with Gasteiger partial charge in [0, 0.05) is 45.1 Å². The molecule has 148 valence electrons. The number of aromatic nitrogens is 1. The molecule has 0 spiro atoms. The van der Waals surface area contributed by atoms with E-state index in [1.807, 2.05) is 23.2 Å². The standard InChI is InChI=1S/C20H30N4O3/c1-3-20(4-2)15-24(10-11-27-20)18(25)12-17-19(26)22-8-9-23(17)14-16-6-5-7-21-13-16/h5-7,13,17H,3-4,8-12,14-15H2,1-2H3,(H,22,26). The van der Waals surface area contributed by atoms with Crippen molar-refractivity contribution >= 4 is 11.8 Å². The van der Waals surface area contributed by atoms with E-state index in [4.69, 9.17) is 4.74 Å². The lowest BCUT2D eigenvalue weighted by molar-refractivity contribution is -0.154. The van der Waals surface area contributed by atoms with Crippen LogP contribution in [-0.4, -0.2) is 71.0 Å². The molecule has 3 rings (SSSR count). The van der Waals surface area contributed by atoms with E-state index in [0.29, 0.717) is 32.8 Å². The fraction of sp³-hybridized carbons (Fsp3) is 0.650. The van der Waals surface area contributed by atoms with E-state index in [-0.39, 0.29) is 23.8 Å². The van der Waals surface area contributed by atoms with Crippen molar-refractivity contribution in [1.29, 1.82) is 0 Å². The van der Waals surface area contributed by atoms with Crippen molar-refractivity contribution in [3.8, 4) is 0 Å². The van der Waals surface area contributed by atoms with Crippen LogP contribution in [-0.2, 0) is 20.9 Å². The quantitative estimate of drug-likeness (QED) is 0.810. The number of piperazine rings is 1. The van der Waals surface area contributed by atoms with Crippen LogP contribution in [0.3, 0.4) is 0 Å². The summed E-state index contributed by atoms with van der Waals surface area (Å²) in [5.41, 5.74) is 0.796. The minimum absolute atomic E-state index is 0.0304.